The Bertz CT molecular complexity index is 1490. The number of hydrogen-bond donors (Lipinski definition) is 1. The van der Waals surface area contributed by atoms with Crippen LogP contribution in [0.4, 0.5) is 10.2 Å². The first-order chi connectivity index (χ1) is 16.5. The van der Waals surface area contributed by atoms with E-state index < -0.39 is 0 Å². The van der Waals surface area contributed by atoms with Crippen LogP contribution in [0, 0.1) is 12.7 Å². The average molecular weight is 475 g/mol. The molecule has 0 fully saturated rings. The minimum Gasteiger partial charge on any atom is -0.358 e. The number of aryl methyl sites for hydroxylation is 1. The van der Waals surface area contributed by atoms with Crippen molar-refractivity contribution in [1.82, 2.24) is 25.1 Å². The molecule has 9 heteroatoms. The molecule has 172 valence electrons. The third-order valence-corrected chi connectivity index (χ3v) is 6.66. The van der Waals surface area contributed by atoms with Crippen LogP contribution in [0.1, 0.15) is 17.5 Å². The maximum absolute atomic E-state index is 14.0. The van der Waals surface area contributed by atoms with Crippen LogP contribution < -0.4 is 10.2 Å². The van der Waals surface area contributed by atoms with Crippen LogP contribution in [0.2, 0.25) is 0 Å². The Balaban J connectivity index is 1.24. The van der Waals surface area contributed by atoms with Crippen LogP contribution in [0.5, 0.6) is 0 Å². The highest BCUT2D eigenvalue weighted by Crippen LogP contribution is 2.24. The molecule has 0 aliphatic heterocycles. The lowest BCUT2D eigenvalue weighted by Crippen LogP contribution is -2.28. The van der Waals surface area contributed by atoms with Crippen molar-refractivity contribution in [3.8, 4) is 5.69 Å². The molecule has 0 aliphatic carbocycles. The molecule has 0 aliphatic rings. The third kappa shape index (κ3) is 4.47. The van der Waals surface area contributed by atoms with Crippen LogP contribution in [0.15, 0.2) is 60.4 Å². The molecule has 34 heavy (non-hydrogen) atoms. The third-order valence-electron chi connectivity index (χ3n) is 5.76. The summed E-state index contributed by atoms with van der Waals surface area (Å²) in [5.41, 5.74) is 2.76. The number of hydrogen-bond acceptors (Lipinski definition) is 6. The zero-order valence-electron chi connectivity index (χ0n) is 18.8. The molecule has 0 saturated heterocycles. The topological polar surface area (TPSA) is 75.9 Å². The first-order valence-electron chi connectivity index (χ1n) is 10.9. The van der Waals surface area contributed by atoms with Gasteiger partial charge >= 0.3 is 0 Å². The van der Waals surface area contributed by atoms with Crippen LogP contribution in [-0.2, 0) is 11.3 Å². The van der Waals surface area contributed by atoms with Gasteiger partial charge in [-0.1, -0.05) is 12.1 Å². The Morgan fingerprint density at radius 1 is 1.18 bits per heavy atom. The van der Waals surface area contributed by atoms with Crippen molar-refractivity contribution >= 4 is 44.2 Å². The molecule has 5 aromatic rings. The van der Waals surface area contributed by atoms with Crippen LogP contribution in [0.25, 0.3) is 26.8 Å². The first kappa shape index (κ1) is 22.0. The number of thiophene rings is 1. The highest BCUT2D eigenvalue weighted by atomic mass is 32.1. The van der Waals surface area contributed by atoms with E-state index in [-0.39, 0.29) is 11.7 Å². The average Bonchev–Trinajstić information content (AvgIpc) is 3.49. The Morgan fingerprint density at radius 2 is 2.06 bits per heavy atom. The molecule has 0 bridgehead atoms. The summed E-state index contributed by atoms with van der Waals surface area (Å²) in [6.07, 6.45) is 3.55. The van der Waals surface area contributed by atoms with E-state index in [1.807, 2.05) is 24.1 Å². The molecule has 3 heterocycles. The van der Waals surface area contributed by atoms with Crippen LogP contribution in [-0.4, -0.2) is 39.2 Å². The van der Waals surface area contributed by atoms with E-state index in [9.17, 15) is 9.18 Å². The second-order valence-corrected chi connectivity index (χ2v) is 9.13. The standard InChI is InChI=1S/C25H23FN6OS/c1-16-3-5-19(12-21(16)26)32-14-20-24(30-32)28-15-29-25(20)31(2)9-7-23(33)27-13-17-4-6-22-18(11-17)8-10-34-22/h3-6,8,10-12,14-15H,7,9,13H2,1-2H3,(H,27,33). The highest BCUT2D eigenvalue weighted by Gasteiger charge is 2.14. The molecule has 1 amide bonds. The zero-order valence-corrected chi connectivity index (χ0v) is 19.6. The molecule has 0 atom stereocenters. The van der Waals surface area contributed by atoms with Gasteiger partial charge in [-0.25, -0.2) is 19.0 Å². The number of anilines is 1. The number of fused-ring (bicyclic) bond motifs is 2. The lowest BCUT2D eigenvalue weighted by Gasteiger charge is -2.18. The number of carbonyl (C=O) groups excluding carboxylic acids is 1. The molecule has 7 nitrogen and oxygen atoms in total. The van der Waals surface area contributed by atoms with E-state index in [4.69, 9.17) is 0 Å². The van der Waals surface area contributed by atoms with Crippen molar-refractivity contribution in [3.05, 3.63) is 77.3 Å². The molecular formula is C25H23FN6OS. The minimum absolute atomic E-state index is 0.0339. The quantitative estimate of drug-likeness (QED) is 0.373. The minimum atomic E-state index is -0.290. The normalized spacial score (nSPS) is 11.3. The molecule has 1 N–H and O–H groups in total. The number of nitrogens with zero attached hydrogens (tertiary/aromatic N) is 5. The summed E-state index contributed by atoms with van der Waals surface area (Å²) in [5, 5.41) is 11.4. The number of nitrogens with one attached hydrogen (secondary N) is 1. The zero-order chi connectivity index (χ0) is 23.7. The number of rotatable bonds is 7. The van der Waals surface area contributed by atoms with Gasteiger partial charge in [0.25, 0.3) is 0 Å². The fraction of sp³-hybridized carbons (Fsp3) is 0.200. The van der Waals surface area contributed by atoms with Gasteiger partial charge in [0.1, 0.15) is 18.0 Å². The van der Waals surface area contributed by atoms with Gasteiger partial charge < -0.3 is 10.2 Å². The van der Waals surface area contributed by atoms with Gasteiger partial charge in [0.05, 0.1) is 11.1 Å². The van der Waals surface area contributed by atoms with Gasteiger partial charge in [0, 0.05) is 37.5 Å². The SMILES string of the molecule is Cc1ccc(-n2cc3c(N(C)CCC(=O)NCc4ccc5sccc5c4)ncnc3n2)cc1F. The van der Waals surface area contributed by atoms with Gasteiger partial charge in [0.15, 0.2) is 5.65 Å². The van der Waals surface area contributed by atoms with Crippen LogP contribution >= 0.6 is 11.3 Å². The second kappa shape index (κ2) is 9.18. The number of carbonyl (C=O) groups is 1. The summed E-state index contributed by atoms with van der Waals surface area (Å²) in [6.45, 7) is 2.69. The van der Waals surface area contributed by atoms with Crippen molar-refractivity contribution in [2.45, 2.75) is 19.9 Å². The maximum Gasteiger partial charge on any atom is 0.222 e. The summed E-state index contributed by atoms with van der Waals surface area (Å²) >= 11 is 1.71. The first-order valence-corrected chi connectivity index (χ1v) is 11.8. The second-order valence-electron chi connectivity index (χ2n) is 8.18. The molecule has 0 saturated carbocycles. The fourth-order valence-electron chi connectivity index (χ4n) is 3.78. The van der Waals surface area contributed by atoms with E-state index >= 15 is 0 Å². The number of aromatic nitrogens is 4. The Hall–Kier alpha value is -3.85. The van der Waals surface area contributed by atoms with Gasteiger partial charge in [-0.15, -0.1) is 16.4 Å². The van der Waals surface area contributed by atoms with Crippen molar-refractivity contribution in [2.75, 3.05) is 18.5 Å². The van der Waals surface area contributed by atoms with Gasteiger partial charge in [-0.05, 0) is 59.1 Å². The predicted octanol–water partition coefficient (Wildman–Crippen LogP) is 4.62. The van der Waals surface area contributed by atoms with Crippen molar-refractivity contribution in [3.63, 3.8) is 0 Å². The molecule has 3 aromatic heterocycles. The fourth-order valence-corrected chi connectivity index (χ4v) is 4.55. The van der Waals surface area contributed by atoms with Crippen molar-refractivity contribution < 1.29 is 9.18 Å². The largest absolute Gasteiger partial charge is 0.358 e. The lowest BCUT2D eigenvalue weighted by molar-refractivity contribution is -0.121. The summed E-state index contributed by atoms with van der Waals surface area (Å²) in [4.78, 5) is 23.0. The lowest BCUT2D eigenvalue weighted by atomic mass is 10.1. The molecule has 5 rings (SSSR count). The Kier molecular flexibility index (Phi) is 5.93. The molecule has 0 spiro atoms. The van der Waals surface area contributed by atoms with E-state index in [0.29, 0.717) is 42.2 Å². The van der Waals surface area contributed by atoms with Crippen molar-refractivity contribution in [2.24, 2.45) is 0 Å². The summed E-state index contributed by atoms with van der Waals surface area (Å²) in [5.74, 6) is 0.342. The molecule has 0 radical (unpaired) electrons. The predicted molar refractivity (Wildman–Crippen MR) is 133 cm³/mol. The monoisotopic (exact) mass is 474 g/mol. The Labute approximate surface area is 199 Å². The van der Waals surface area contributed by atoms with Gasteiger partial charge in [-0.3, -0.25) is 4.79 Å². The molecular weight excluding hydrogens is 451 g/mol. The van der Waals surface area contributed by atoms with Gasteiger partial charge in [-0.2, -0.15) is 0 Å². The van der Waals surface area contributed by atoms with Gasteiger partial charge in [0.2, 0.25) is 5.91 Å². The number of benzene rings is 2. The molecule has 2 aromatic carbocycles. The van der Waals surface area contributed by atoms with Crippen molar-refractivity contribution in [1.29, 1.82) is 0 Å². The van der Waals surface area contributed by atoms with E-state index in [1.165, 1.54) is 22.5 Å². The Morgan fingerprint density at radius 3 is 2.91 bits per heavy atom. The highest BCUT2D eigenvalue weighted by molar-refractivity contribution is 7.17. The number of amides is 1. The smallest absolute Gasteiger partial charge is 0.222 e. The molecule has 0 unspecified atom stereocenters. The van der Waals surface area contributed by atoms with Crippen LogP contribution in [0.3, 0.4) is 0 Å². The summed E-state index contributed by atoms with van der Waals surface area (Å²) < 4.78 is 16.8. The summed E-state index contributed by atoms with van der Waals surface area (Å²) in [7, 11) is 1.88. The maximum atomic E-state index is 14.0. The summed E-state index contributed by atoms with van der Waals surface area (Å²) in [6, 6.07) is 13.3. The van der Waals surface area contributed by atoms with E-state index in [2.05, 4.69) is 44.0 Å². The van der Waals surface area contributed by atoms with E-state index in [1.54, 1.807) is 35.2 Å². The number of halogens is 1. The van der Waals surface area contributed by atoms with E-state index in [0.717, 1.165) is 10.9 Å².